The van der Waals surface area contributed by atoms with Gasteiger partial charge in [-0.25, -0.2) is 4.39 Å². The molecule has 1 aliphatic heterocycles. The summed E-state index contributed by atoms with van der Waals surface area (Å²) in [6, 6.07) is 6.79. The van der Waals surface area contributed by atoms with E-state index in [0.29, 0.717) is 25.5 Å². The molecule has 22 heavy (non-hydrogen) atoms. The average Bonchev–Trinajstić information content (AvgIpc) is 3.18. The van der Waals surface area contributed by atoms with Crippen LogP contribution >= 0.6 is 0 Å². The highest BCUT2D eigenvalue weighted by molar-refractivity contribution is 5.76. The first-order valence-electron chi connectivity index (χ1n) is 8.28. The van der Waals surface area contributed by atoms with Crippen LogP contribution in [-0.4, -0.2) is 25.7 Å². The summed E-state index contributed by atoms with van der Waals surface area (Å²) in [6.45, 7) is 2.14. The molecule has 2 fully saturated rings. The van der Waals surface area contributed by atoms with E-state index >= 15 is 0 Å². The summed E-state index contributed by atoms with van der Waals surface area (Å²) in [5.41, 5.74) is 1.13. The number of benzene rings is 1. The third-order valence-corrected chi connectivity index (χ3v) is 5.14. The van der Waals surface area contributed by atoms with E-state index < -0.39 is 0 Å². The maximum atomic E-state index is 13.2. The summed E-state index contributed by atoms with van der Waals surface area (Å²) in [6.07, 6.45) is 6.00. The molecule has 0 spiro atoms. The number of rotatable bonds is 5. The van der Waals surface area contributed by atoms with Crippen molar-refractivity contribution in [2.45, 2.75) is 43.9 Å². The molecule has 0 radical (unpaired) electrons. The van der Waals surface area contributed by atoms with Crippen LogP contribution in [0.15, 0.2) is 24.3 Å². The minimum atomic E-state index is -0.206. The minimum Gasteiger partial charge on any atom is -0.381 e. The summed E-state index contributed by atoms with van der Waals surface area (Å²) >= 11 is 0. The SMILES string of the molecule is O=C(C[C@@H]1CCOC1)NCC1(c2ccc(F)cc2)CCCC1. The number of carbonyl (C=O) groups is 1. The Labute approximate surface area is 131 Å². The first-order valence-corrected chi connectivity index (χ1v) is 8.28. The van der Waals surface area contributed by atoms with Crippen LogP contribution < -0.4 is 5.32 Å². The number of amides is 1. The molecule has 2 aliphatic rings. The summed E-state index contributed by atoms with van der Waals surface area (Å²) in [5.74, 6) is 0.274. The van der Waals surface area contributed by atoms with E-state index in [1.54, 1.807) is 0 Å². The van der Waals surface area contributed by atoms with Crippen LogP contribution in [0.3, 0.4) is 0 Å². The van der Waals surface area contributed by atoms with Crippen molar-refractivity contribution in [3.8, 4) is 0 Å². The molecule has 0 unspecified atom stereocenters. The Hall–Kier alpha value is -1.42. The maximum absolute atomic E-state index is 13.2. The van der Waals surface area contributed by atoms with Gasteiger partial charge in [-0.15, -0.1) is 0 Å². The lowest BCUT2D eigenvalue weighted by atomic mass is 9.78. The Bertz CT molecular complexity index is 502. The molecule has 0 aromatic heterocycles. The molecule has 0 bridgehead atoms. The van der Waals surface area contributed by atoms with Gasteiger partial charge >= 0.3 is 0 Å². The topological polar surface area (TPSA) is 38.3 Å². The van der Waals surface area contributed by atoms with Gasteiger partial charge in [0.1, 0.15) is 5.82 Å². The van der Waals surface area contributed by atoms with Crippen LogP contribution in [0, 0.1) is 11.7 Å². The highest BCUT2D eigenvalue weighted by atomic mass is 19.1. The molecule has 120 valence electrons. The predicted octanol–water partition coefficient (Wildman–Crippen LogP) is 3.18. The van der Waals surface area contributed by atoms with E-state index in [1.807, 2.05) is 12.1 Å². The molecule has 1 N–H and O–H groups in total. The second kappa shape index (κ2) is 6.78. The monoisotopic (exact) mass is 305 g/mol. The van der Waals surface area contributed by atoms with E-state index in [9.17, 15) is 9.18 Å². The van der Waals surface area contributed by atoms with Crippen molar-refractivity contribution in [1.82, 2.24) is 5.32 Å². The molecule has 3 nitrogen and oxygen atoms in total. The van der Waals surface area contributed by atoms with E-state index in [1.165, 1.54) is 25.0 Å². The van der Waals surface area contributed by atoms with Gasteiger partial charge in [-0.1, -0.05) is 25.0 Å². The zero-order valence-electron chi connectivity index (χ0n) is 12.9. The molecule has 1 aliphatic carbocycles. The van der Waals surface area contributed by atoms with Crippen molar-refractivity contribution in [1.29, 1.82) is 0 Å². The van der Waals surface area contributed by atoms with E-state index in [4.69, 9.17) is 4.74 Å². The molecule has 4 heteroatoms. The summed E-state index contributed by atoms with van der Waals surface area (Å²) in [5, 5.41) is 3.12. The quantitative estimate of drug-likeness (QED) is 0.907. The molecule has 1 amide bonds. The summed E-state index contributed by atoms with van der Waals surface area (Å²) in [7, 11) is 0. The van der Waals surface area contributed by atoms with Crippen molar-refractivity contribution in [2.75, 3.05) is 19.8 Å². The van der Waals surface area contributed by atoms with E-state index in [-0.39, 0.29) is 17.1 Å². The van der Waals surface area contributed by atoms with E-state index in [2.05, 4.69) is 5.32 Å². The fraction of sp³-hybridized carbons (Fsp3) is 0.611. The zero-order valence-corrected chi connectivity index (χ0v) is 12.9. The highest BCUT2D eigenvalue weighted by Crippen LogP contribution is 2.40. The molecule has 1 heterocycles. The number of hydrogen-bond acceptors (Lipinski definition) is 2. The molecule has 1 saturated carbocycles. The van der Waals surface area contributed by atoms with Gasteiger partial charge in [0.2, 0.25) is 5.91 Å². The van der Waals surface area contributed by atoms with Crippen molar-refractivity contribution >= 4 is 5.91 Å². The van der Waals surface area contributed by atoms with Crippen molar-refractivity contribution in [3.05, 3.63) is 35.6 Å². The fourth-order valence-corrected chi connectivity index (χ4v) is 3.77. The lowest BCUT2D eigenvalue weighted by Gasteiger charge is -2.30. The number of halogens is 1. The Morgan fingerprint density at radius 1 is 1.27 bits per heavy atom. The predicted molar refractivity (Wildman–Crippen MR) is 83.1 cm³/mol. The van der Waals surface area contributed by atoms with Crippen LogP contribution in [0.2, 0.25) is 0 Å². The minimum absolute atomic E-state index is 0.0183. The van der Waals surface area contributed by atoms with Crippen molar-refractivity contribution in [3.63, 3.8) is 0 Å². The standard InChI is InChI=1S/C18H24FNO2/c19-16-5-3-15(4-6-16)18(8-1-2-9-18)13-20-17(21)11-14-7-10-22-12-14/h3-6,14H,1-2,7-13H2,(H,20,21)/t14-/m0/s1. The number of carbonyl (C=O) groups excluding carboxylic acids is 1. The smallest absolute Gasteiger partial charge is 0.220 e. The second-order valence-electron chi connectivity index (χ2n) is 6.70. The van der Waals surface area contributed by atoms with Gasteiger partial charge in [0.05, 0.1) is 0 Å². The third kappa shape index (κ3) is 3.49. The Morgan fingerprint density at radius 2 is 2.00 bits per heavy atom. The van der Waals surface area contributed by atoms with E-state index in [0.717, 1.165) is 31.4 Å². The number of hydrogen-bond donors (Lipinski definition) is 1. The first kappa shape index (κ1) is 15.5. The van der Waals surface area contributed by atoms with Gasteiger partial charge in [-0.3, -0.25) is 4.79 Å². The highest BCUT2D eigenvalue weighted by Gasteiger charge is 2.36. The van der Waals surface area contributed by atoms with Gasteiger partial charge in [-0.2, -0.15) is 0 Å². The Balaban J connectivity index is 1.61. The third-order valence-electron chi connectivity index (χ3n) is 5.14. The largest absolute Gasteiger partial charge is 0.381 e. The van der Waals surface area contributed by atoms with Crippen LogP contribution in [-0.2, 0) is 14.9 Å². The van der Waals surface area contributed by atoms with Crippen LogP contribution in [0.1, 0.15) is 44.1 Å². The van der Waals surface area contributed by atoms with Gasteiger partial charge < -0.3 is 10.1 Å². The Morgan fingerprint density at radius 3 is 2.64 bits per heavy atom. The van der Waals surface area contributed by atoms with Crippen molar-refractivity contribution in [2.24, 2.45) is 5.92 Å². The molecular formula is C18H24FNO2. The second-order valence-corrected chi connectivity index (χ2v) is 6.70. The normalized spacial score (nSPS) is 23.6. The molecule has 1 saturated heterocycles. The van der Waals surface area contributed by atoms with Crippen LogP contribution in [0.4, 0.5) is 4.39 Å². The molecular weight excluding hydrogens is 281 g/mol. The van der Waals surface area contributed by atoms with Crippen LogP contribution in [0.5, 0.6) is 0 Å². The number of ether oxygens (including phenoxy) is 1. The fourth-order valence-electron chi connectivity index (χ4n) is 3.77. The van der Waals surface area contributed by atoms with Crippen LogP contribution in [0.25, 0.3) is 0 Å². The summed E-state index contributed by atoms with van der Waals surface area (Å²) in [4.78, 5) is 12.2. The average molecular weight is 305 g/mol. The molecule has 1 atom stereocenters. The van der Waals surface area contributed by atoms with Gasteiger partial charge in [0, 0.05) is 31.6 Å². The molecule has 3 rings (SSSR count). The zero-order chi connectivity index (χ0) is 15.4. The van der Waals surface area contributed by atoms with Gasteiger partial charge in [-0.05, 0) is 42.9 Å². The molecule has 1 aromatic carbocycles. The Kier molecular flexibility index (Phi) is 4.77. The molecule has 1 aromatic rings. The number of nitrogens with one attached hydrogen (secondary N) is 1. The lowest BCUT2D eigenvalue weighted by molar-refractivity contribution is -0.122. The van der Waals surface area contributed by atoms with Crippen molar-refractivity contribution < 1.29 is 13.9 Å². The van der Waals surface area contributed by atoms with Gasteiger partial charge in [0.15, 0.2) is 0 Å². The maximum Gasteiger partial charge on any atom is 0.220 e. The lowest BCUT2D eigenvalue weighted by Crippen LogP contribution is -2.39. The first-order chi connectivity index (χ1) is 10.7. The summed E-state index contributed by atoms with van der Waals surface area (Å²) < 4.78 is 18.5. The van der Waals surface area contributed by atoms with Gasteiger partial charge in [0.25, 0.3) is 0 Å².